The molecule has 2 aromatic heterocycles. The van der Waals surface area contributed by atoms with Crippen molar-refractivity contribution in [2.45, 2.75) is 94.1 Å². The molecule has 49 heavy (non-hydrogen) atoms. The van der Waals surface area contributed by atoms with Crippen LogP contribution in [0.3, 0.4) is 0 Å². The largest absolute Gasteiger partial charge is 0.417 e. The van der Waals surface area contributed by atoms with Crippen LogP contribution in [0.25, 0.3) is 0 Å². The Morgan fingerprint density at radius 1 is 0.898 bits per heavy atom. The van der Waals surface area contributed by atoms with E-state index in [1.54, 1.807) is 7.11 Å². The van der Waals surface area contributed by atoms with E-state index in [1.165, 1.54) is 41.6 Å². The van der Waals surface area contributed by atoms with E-state index in [4.69, 9.17) is 9.73 Å². The maximum Gasteiger partial charge on any atom is 0.417 e. The Balaban J connectivity index is 1.28. The van der Waals surface area contributed by atoms with Gasteiger partial charge in [0.25, 0.3) is 5.91 Å². The molecule has 1 aliphatic heterocycles. The Kier molecular flexibility index (Phi) is 8.82. The van der Waals surface area contributed by atoms with Gasteiger partial charge < -0.3 is 4.74 Å². The molecule has 2 spiro atoms. The number of aryl methyl sites for hydroxylation is 1. The number of fused-ring (bicyclic) bond motifs is 3. The smallest absolute Gasteiger partial charge is 0.381 e. The molecule has 1 unspecified atom stereocenters. The first-order valence-electron chi connectivity index (χ1n) is 16.6. The zero-order valence-electron chi connectivity index (χ0n) is 26.9. The molecule has 0 radical (unpaired) electrons. The first-order valence-corrected chi connectivity index (χ1v) is 17.5. The third-order valence-electron chi connectivity index (χ3n) is 10.6. The third kappa shape index (κ3) is 6.48. The number of pyridine rings is 2. The number of thioether (sulfide) groups is 1. The Morgan fingerprint density at radius 2 is 1.55 bits per heavy atom. The number of benzene rings is 1. The summed E-state index contributed by atoms with van der Waals surface area (Å²) in [5, 5.41) is 0.345. The van der Waals surface area contributed by atoms with Gasteiger partial charge in [0.15, 0.2) is 10.7 Å². The van der Waals surface area contributed by atoms with Crippen molar-refractivity contribution < 1.29 is 35.9 Å². The quantitative estimate of drug-likeness (QED) is 0.220. The fraction of sp³-hybridized carbons (Fsp3) is 0.500. The number of ether oxygens (including phenoxy) is 1. The van der Waals surface area contributed by atoms with Gasteiger partial charge in [0, 0.05) is 30.7 Å². The molecule has 2 fully saturated rings. The number of alkyl halides is 6. The van der Waals surface area contributed by atoms with Crippen molar-refractivity contribution >= 4 is 22.8 Å². The summed E-state index contributed by atoms with van der Waals surface area (Å²) in [4.78, 5) is 30.0. The normalized spacial score (nSPS) is 25.4. The molecule has 4 aliphatic rings. The van der Waals surface area contributed by atoms with Gasteiger partial charge in [0.05, 0.1) is 35.2 Å². The minimum atomic E-state index is -4.56. The maximum absolute atomic E-state index is 15.1. The van der Waals surface area contributed by atoms with E-state index in [-0.39, 0.29) is 30.0 Å². The molecule has 7 rings (SSSR count). The van der Waals surface area contributed by atoms with Crippen molar-refractivity contribution in [3.63, 3.8) is 0 Å². The van der Waals surface area contributed by atoms with Gasteiger partial charge in [-0.3, -0.25) is 19.7 Å². The van der Waals surface area contributed by atoms with Gasteiger partial charge in [-0.2, -0.15) is 26.3 Å². The molecule has 3 aromatic rings. The van der Waals surface area contributed by atoms with Gasteiger partial charge in [0.2, 0.25) is 0 Å². The molecule has 1 atom stereocenters. The number of hydrogen-bond acceptors (Lipinski definition) is 6. The Morgan fingerprint density at radius 3 is 2.12 bits per heavy atom. The van der Waals surface area contributed by atoms with E-state index >= 15 is 4.79 Å². The van der Waals surface area contributed by atoms with Crippen LogP contribution >= 0.6 is 11.8 Å². The van der Waals surface area contributed by atoms with Crippen LogP contribution in [0.1, 0.15) is 84.2 Å². The zero-order chi connectivity index (χ0) is 34.6. The lowest BCUT2D eigenvalue weighted by Gasteiger charge is -2.45. The molecule has 0 bridgehead atoms. The number of halogens is 6. The summed E-state index contributed by atoms with van der Waals surface area (Å²) >= 11 is 1.18. The second-order valence-electron chi connectivity index (χ2n) is 13.7. The Bertz CT molecular complexity index is 1730. The number of carbonyl (C=O) groups excluding carboxylic acids is 1. The number of rotatable bonds is 8. The number of methoxy groups -OCH3 is 1. The Labute approximate surface area is 284 Å². The molecule has 13 heteroatoms. The zero-order valence-corrected chi connectivity index (χ0v) is 27.7. The minimum Gasteiger partial charge on any atom is -0.381 e. The average Bonchev–Trinajstić information content (AvgIpc) is 3.82. The lowest BCUT2D eigenvalue weighted by molar-refractivity contribution is -0.139. The summed E-state index contributed by atoms with van der Waals surface area (Å²) in [5.74, 6) is 0.605. The number of carbonyl (C=O) groups is 1. The Hall–Kier alpha value is -3.45. The molecule has 260 valence electrons. The first kappa shape index (κ1) is 34.0. The number of aliphatic imine (C=N–C) groups is 1. The lowest BCUT2D eigenvalue weighted by atomic mass is 9.61. The topological polar surface area (TPSA) is 67.7 Å². The number of aromatic nitrogens is 2. The summed E-state index contributed by atoms with van der Waals surface area (Å²) in [6.45, 7) is -0.113. The highest BCUT2D eigenvalue weighted by atomic mass is 32.2. The molecule has 0 N–H and O–H groups in total. The molecular formula is C36H36F6N4O2S. The van der Waals surface area contributed by atoms with Crippen LogP contribution in [-0.2, 0) is 52.6 Å². The van der Waals surface area contributed by atoms with Crippen LogP contribution < -0.4 is 0 Å². The van der Waals surface area contributed by atoms with Crippen molar-refractivity contribution in [1.29, 1.82) is 0 Å². The number of nitrogens with zero attached hydrogens (tertiary/aromatic N) is 4. The standard InChI is InChI=1S/C36H36F6N4O2S/c1-48-29-12-14-33(15-13-29)17-24-7-6-23(5-4-22-2-3-22)16-30(24)34(33)31(47)46(20-27-10-8-25(18-43-27)35(37,38)39)32(45-34)49-21-28-11-9-26(19-44-28)36(40,41)42/h6-11,16,18-19,22,29H,2-5,12-15,17,20-21H2,1H3. The molecule has 1 amide bonds. The van der Waals surface area contributed by atoms with Gasteiger partial charge in [-0.1, -0.05) is 42.8 Å². The highest BCUT2D eigenvalue weighted by Gasteiger charge is 2.66. The van der Waals surface area contributed by atoms with E-state index < -0.39 is 34.4 Å². The summed E-state index contributed by atoms with van der Waals surface area (Å²) in [5.41, 5.74) is 0.129. The molecule has 1 aromatic carbocycles. The number of amides is 1. The molecule has 3 aliphatic carbocycles. The fourth-order valence-electron chi connectivity index (χ4n) is 7.71. The SMILES string of the molecule is COC1CCC2(CC1)Cc1ccc(CCC3CC3)cc1C21N=C(SCc2ccc(C(F)(F)F)cn2)N(Cc2ccc(C(F)(F)F)cn2)C1=O. The van der Waals surface area contributed by atoms with E-state index in [0.29, 0.717) is 30.1 Å². The number of hydrogen-bond donors (Lipinski definition) is 0. The van der Waals surface area contributed by atoms with Gasteiger partial charge >= 0.3 is 12.4 Å². The molecule has 2 saturated carbocycles. The van der Waals surface area contributed by atoms with Crippen molar-refractivity contribution in [3.8, 4) is 0 Å². The lowest BCUT2D eigenvalue weighted by Crippen LogP contribution is -2.51. The molecule has 3 heterocycles. The summed E-state index contributed by atoms with van der Waals surface area (Å²) < 4.78 is 85.2. The van der Waals surface area contributed by atoms with Crippen molar-refractivity contribution in [3.05, 3.63) is 94.1 Å². The second-order valence-corrected chi connectivity index (χ2v) is 14.7. The number of amidine groups is 1. The van der Waals surface area contributed by atoms with Crippen LogP contribution in [0.5, 0.6) is 0 Å². The van der Waals surface area contributed by atoms with Crippen LogP contribution in [0.15, 0.2) is 59.9 Å². The van der Waals surface area contributed by atoms with E-state index in [2.05, 4.69) is 28.2 Å². The van der Waals surface area contributed by atoms with Gasteiger partial charge in [-0.25, -0.2) is 4.99 Å². The fourth-order valence-corrected chi connectivity index (χ4v) is 8.66. The molecule has 0 saturated heterocycles. The van der Waals surface area contributed by atoms with Gasteiger partial charge in [-0.05, 0) is 91.8 Å². The third-order valence-corrected chi connectivity index (χ3v) is 11.7. The highest BCUT2D eigenvalue weighted by Crippen LogP contribution is 2.63. The highest BCUT2D eigenvalue weighted by molar-refractivity contribution is 8.13. The van der Waals surface area contributed by atoms with Crippen molar-refractivity contribution in [2.75, 3.05) is 7.11 Å². The van der Waals surface area contributed by atoms with Crippen LogP contribution in [0.4, 0.5) is 26.3 Å². The van der Waals surface area contributed by atoms with Gasteiger partial charge in [-0.15, -0.1) is 0 Å². The summed E-state index contributed by atoms with van der Waals surface area (Å²) in [6.07, 6.45) is 0.507. The predicted molar refractivity (Wildman–Crippen MR) is 172 cm³/mol. The second kappa shape index (κ2) is 12.7. The van der Waals surface area contributed by atoms with Crippen molar-refractivity contribution in [2.24, 2.45) is 16.3 Å². The predicted octanol–water partition coefficient (Wildman–Crippen LogP) is 8.52. The van der Waals surface area contributed by atoms with E-state index in [1.807, 2.05) is 0 Å². The monoisotopic (exact) mass is 702 g/mol. The minimum absolute atomic E-state index is 0.0630. The van der Waals surface area contributed by atoms with Crippen LogP contribution in [0.2, 0.25) is 0 Å². The van der Waals surface area contributed by atoms with Crippen molar-refractivity contribution in [1.82, 2.24) is 14.9 Å². The summed E-state index contributed by atoms with van der Waals surface area (Å²) in [6, 6.07) is 10.9. The molecular weight excluding hydrogens is 666 g/mol. The maximum atomic E-state index is 15.1. The van der Waals surface area contributed by atoms with Crippen LogP contribution in [-0.4, -0.2) is 39.2 Å². The van der Waals surface area contributed by atoms with E-state index in [0.717, 1.165) is 72.8 Å². The molecule has 6 nitrogen and oxygen atoms in total. The van der Waals surface area contributed by atoms with E-state index in [9.17, 15) is 26.3 Å². The summed E-state index contributed by atoms with van der Waals surface area (Å²) in [7, 11) is 1.69. The average molecular weight is 703 g/mol. The first-order chi connectivity index (χ1) is 23.3. The van der Waals surface area contributed by atoms with Gasteiger partial charge in [0.1, 0.15) is 0 Å². The van der Waals surface area contributed by atoms with Crippen LogP contribution in [0, 0.1) is 11.3 Å².